The predicted octanol–water partition coefficient (Wildman–Crippen LogP) is 2.71. The lowest BCUT2D eigenvalue weighted by atomic mass is 10.1. The summed E-state index contributed by atoms with van der Waals surface area (Å²) < 4.78 is 5.52. The highest BCUT2D eigenvalue weighted by molar-refractivity contribution is 5.93. The zero-order chi connectivity index (χ0) is 17.2. The van der Waals surface area contributed by atoms with Crippen LogP contribution in [0.5, 0.6) is 0 Å². The van der Waals surface area contributed by atoms with E-state index in [1.807, 2.05) is 6.07 Å². The first kappa shape index (κ1) is 16.2. The van der Waals surface area contributed by atoms with Gasteiger partial charge in [-0.2, -0.15) is 0 Å². The van der Waals surface area contributed by atoms with Gasteiger partial charge in [0, 0.05) is 36.4 Å². The van der Waals surface area contributed by atoms with Crippen molar-refractivity contribution in [2.45, 2.75) is 44.8 Å². The second-order valence-electron chi connectivity index (χ2n) is 7.09. The molecular formula is C20H25N3O2. The molecule has 0 aliphatic carbocycles. The normalized spacial score (nSPS) is 22.2. The van der Waals surface area contributed by atoms with Crippen LogP contribution in [0, 0.1) is 0 Å². The van der Waals surface area contributed by atoms with Gasteiger partial charge in [-0.25, -0.2) is 0 Å². The van der Waals surface area contributed by atoms with Crippen molar-refractivity contribution >= 4 is 11.6 Å². The smallest absolute Gasteiger partial charge is 0.287 e. The molecule has 2 N–H and O–H groups in total. The molecule has 0 spiro atoms. The number of furan rings is 1. The summed E-state index contributed by atoms with van der Waals surface area (Å²) in [5.74, 6) is 0.323. The number of fused-ring (bicyclic) bond motifs is 1. The van der Waals surface area contributed by atoms with Gasteiger partial charge in [0.1, 0.15) is 0 Å². The molecule has 0 saturated carbocycles. The van der Waals surface area contributed by atoms with E-state index in [2.05, 4.69) is 46.7 Å². The van der Waals surface area contributed by atoms with E-state index in [-0.39, 0.29) is 5.91 Å². The quantitative estimate of drug-likeness (QED) is 0.879. The fourth-order valence-electron chi connectivity index (χ4n) is 3.94. The average Bonchev–Trinajstić information content (AvgIpc) is 3.34. The van der Waals surface area contributed by atoms with Crippen LogP contribution in [0.3, 0.4) is 0 Å². The van der Waals surface area contributed by atoms with E-state index in [0.29, 0.717) is 30.9 Å². The van der Waals surface area contributed by atoms with Crippen molar-refractivity contribution in [1.82, 2.24) is 10.6 Å². The number of nitrogens with zero attached hydrogens (tertiary/aromatic N) is 1. The maximum absolute atomic E-state index is 12.5. The maximum atomic E-state index is 12.5. The number of carbonyl (C=O) groups is 1. The highest BCUT2D eigenvalue weighted by Gasteiger charge is 2.27. The average molecular weight is 339 g/mol. The molecule has 5 nitrogen and oxygen atoms in total. The van der Waals surface area contributed by atoms with Gasteiger partial charge in [0.2, 0.25) is 0 Å². The molecule has 1 aromatic carbocycles. The molecule has 2 aromatic rings. The zero-order valence-electron chi connectivity index (χ0n) is 14.6. The Kier molecular flexibility index (Phi) is 4.49. The number of anilines is 1. The minimum absolute atomic E-state index is 0.117. The van der Waals surface area contributed by atoms with Crippen molar-refractivity contribution in [1.29, 1.82) is 0 Å². The van der Waals surface area contributed by atoms with Crippen molar-refractivity contribution in [2.75, 3.05) is 18.0 Å². The van der Waals surface area contributed by atoms with Gasteiger partial charge in [-0.1, -0.05) is 18.2 Å². The highest BCUT2D eigenvalue weighted by Crippen LogP contribution is 2.33. The number of amides is 1. The van der Waals surface area contributed by atoms with Gasteiger partial charge in [0.25, 0.3) is 5.91 Å². The summed E-state index contributed by atoms with van der Waals surface area (Å²) in [5, 5.41) is 6.40. The first-order valence-electron chi connectivity index (χ1n) is 9.15. The van der Waals surface area contributed by atoms with Crippen LogP contribution in [0.2, 0.25) is 0 Å². The van der Waals surface area contributed by atoms with Crippen LogP contribution in [0.1, 0.15) is 41.4 Å². The first-order chi connectivity index (χ1) is 12.2. The zero-order valence-corrected chi connectivity index (χ0v) is 14.6. The third-order valence-corrected chi connectivity index (χ3v) is 5.31. The van der Waals surface area contributed by atoms with Crippen molar-refractivity contribution in [3.05, 3.63) is 53.5 Å². The third kappa shape index (κ3) is 3.29. The fraction of sp³-hybridized carbons (Fsp3) is 0.450. The number of para-hydroxylation sites is 1. The molecule has 3 heterocycles. The Morgan fingerprint density at radius 3 is 3.08 bits per heavy atom. The molecule has 2 aliphatic rings. The molecule has 5 heteroatoms. The van der Waals surface area contributed by atoms with E-state index < -0.39 is 0 Å². The SMILES string of the molecule is CC1Cc2ccccc2N1Cc1ccoc1C(=O)NCC1CCCN1. The summed E-state index contributed by atoms with van der Waals surface area (Å²) in [4.78, 5) is 14.9. The van der Waals surface area contributed by atoms with Gasteiger partial charge in [-0.15, -0.1) is 0 Å². The van der Waals surface area contributed by atoms with Crippen molar-refractivity contribution < 1.29 is 9.21 Å². The summed E-state index contributed by atoms with van der Waals surface area (Å²) in [6.07, 6.45) is 4.96. The van der Waals surface area contributed by atoms with E-state index in [4.69, 9.17) is 4.42 Å². The Morgan fingerprint density at radius 2 is 2.24 bits per heavy atom. The summed E-state index contributed by atoms with van der Waals surface area (Å²) >= 11 is 0. The van der Waals surface area contributed by atoms with Gasteiger partial charge < -0.3 is 20.0 Å². The van der Waals surface area contributed by atoms with Crippen LogP contribution < -0.4 is 15.5 Å². The van der Waals surface area contributed by atoms with Gasteiger partial charge in [-0.05, 0) is 50.4 Å². The van der Waals surface area contributed by atoms with E-state index in [0.717, 1.165) is 24.9 Å². The summed E-state index contributed by atoms with van der Waals surface area (Å²) in [5.41, 5.74) is 3.58. The number of benzene rings is 1. The lowest BCUT2D eigenvalue weighted by molar-refractivity contribution is 0.0921. The number of rotatable bonds is 5. The number of nitrogens with one attached hydrogen (secondary N) is 2. The molecular weight excluding hydrogens is 314 g/mol. The third-order valence-electron chi connectivity index (χ3n) is 5.31. The molecule has 132 valence electrons. The minimum atomic E-state index is -0.117. The van der Waals surface area contributed by atoms with Crippen LogP contribution in [0.4, 0.5) is 5.69 Å². The monoisotopic (exact) mass is 339 g/mol. The number of hydrogen-bond donors (Lipinski definition) is 2. The number of carbonyl (C=O) groups excluding carboxylic acids is 1. The maximum Gasteiger partial charge on any atom is 0.287 e. The molecule has 4 rings (SSSR count). The van der Waals surface area contributed by atoms with E-state index in [9.17, 15) is 4.79 Å². The molecule has 25 heavy (non-hydrogen) atoms. The number of hydrogen-bond acceptors (Lipinski definition) is 4. The standard InChI is InChI=1S/C20H25N3O2/c1-14-11-15-5-2-3-7-18(15)23(14)13-16-8-10-25-19(16)20(24)22-12-17-6-4-9-21-17/h2-3,5,7-8,10,14,17,21H,4,6,9,11-13H2,1H3,(H,22,24). The van der Waals surface area contributed by atoms with Crippen LogP contribution in [-0.2, 0) is 13.0 Å². The van der Waals surface area contributed by atoms with Crippen LogP contribution in [0.25, 0.3) is 0 Å². The van der Waals surface area contributed by atoms with Gasteiger partial charge in [0.05, 0.1) is 6.26 Å². The van der Waals surface area contributed by atoms with Gasteiger partial charge in [0.15, 0.2) is 5.76 Å². The fourth-order valence-corrected chi connectivity index (χ4v) is 3.94. The summed E-state index contributed by atoms with van der Waals surface area (Å²) in [6, 6.07) is 11.2. The molecule has 2 unspecified atom stereocenters. The van der Waals surface area contributed by atoms with Crippen molar-refractivity contribution in [3.8, 4) is 0 Å². The molecule has 1 amide bonds. The molecule has 2 aliphatic heterocycles. The molecule has 1 saturated heterocycles. The minimum Gasteiger partial charge on any atom is -0.459 e. The largest absolute Gasteiger partial charge is 0.459 e. The molecule has 1 aromatic heterocycles. The Morgan fingerprint density at radius 1 is 1.36 bits per heavy atom. The van der Waals surface area contributed by atoms with Crippen LogP contribution in [0.15, 0.2) is 41.0 Å². The first-order valence-corrected chi connectivity index (χ1v) is 9.15. The Labute approximate surface area is 148 Å². The van der Waals surface area contributed by atoms with Gasteiger partial charge in [-0.3, -0.25) is 4.79 Å². The lowest BCUT2D eigenvalue weighted by Crippen LogP contribution is -2.37. The lowest BCUT2D eigenvalue weighted by Gasteiger charge is -2.24. The Hall–Kier alpha value is -2.27. The van der Waals surface area contributed by atoms with Crippen LogP contribution >= 0.6 is 0 Å². The van der Waals surface area contributed by atoms with E-state index >= 15 is 0 Å². The molecule has 0 radical (unpaired) electrons. The predicted molar refractivity (Wildman–Crippen MR) is 97.9 cm³/mol. The Balaban J connectivity index is 1.45. The van der Waals surface area contributed by atoms with Gasteiger partial charge >= 0.3 is 0 Å². The molecule has 0 bridgehead atoms. The van der Waals surface area contributed by atoms with Crippen molar-refractivity contribution in [2.24, 2.45) is 0 Å². The second kappa shape index (κ2) is 6.92. The van der Waals surface area contributed by atoms with Crippen LogP contribution in [-0.4, -0.2) is 31.1 Å². The van der Waals surface area contributed by atoms with Crippen molar-refractivity contribution in [3.63, 3.8) is 0 Å². The molecule has 2 atom stereocenters. The summed E-state index contributed by atoms with van der Waals surface area (Å²) in [6.45, 7) is 4.62. The molecule has 1 fully saturated rings. The second-order valence-corrected chi connectivity index (χ2v) is 7.09. The van der Waals surface area contributed by atoms with E-state index in [1.54, 1.807) is 6.26 Å². The Bertz CT molecular complexity index is 749. The highest BCUT2D eigenvalue weighted by atomic mass is 16.3. The topological polar surface area (TPSA) is 57.5 Å². The van der Waals surface area contributed by atoms with E-state index in [1.165, 1.54) is 17.7 Å². The summed E-state index contributed by atoms with van der Waals surface area (Å²) in [7, 11) is 0.